The quantitative estimate of drug-likeness (QED) is 0.612. The van der Waals surface area contributed by atoms with Crippen LogP contribution >= 0.6 is 0 Å². The van der Waals surface area contributed by atoms with Crippen LogP contribution in [0.3, 0.4) is 0 Å². The molecular weight excluding hydrogens is 384 g/mol. The van der Waals surface area contributed by atoms with E-state index in [0.717, 1.165) is 12.8 Å². The van der Waals surface area contributed by atoms with Crippen molar-refractivity contribution in [1.29, 1.82) is 5.26 Å². The summed E-state index contributed by atoms with van der Waals surface area (Å²) in [4.78, 5) is 13.6. The van der Waals surface area contributed by atoms with Gasteiger partial charge in [-0.15, -0.1) is 0 Å². The van der Waals surface area contributed by atoms with Crippen molar-refractivity contribution in [3.63, 3.8) is 0 Å². The molecule has 1 unspecified atom stereocenters. The number of rotatable bonds is 7. The van der Waals surface area contributed by atoms with Gasteiger partial charge in [0.15, 0.2) is 5.65 Å². The van der Waals surface area contributed by atoms with E-state index < -0.39 is 6.10 Å². The van der Waals surface area contributed by atoms with Crippen LogP contribution in [0.5, 0.6) is 0 Å². The highest BCUT2D eigenvalue weighted by Gasteiger charge is 2.22. The number of fused-ring (bicyclic) bond motifs is 1. The van der Waals surface area contributed by atoms with Crippen molar-refractivity contribution in [2.45, 2.75) is 25.0 Å². The highest BCUT2D eigenvalue weighted by Crippen LogP contribution is 2.28. The molecule has 4 rings (SSSR count). The first-order chi connectivity index (χ1) is 14.7. The normalized spacial score (nSPS) is 15.8. The van der Waals surface area contributed by atoms with Crippen LogP contribution in [0.1, 0.15) is 30.1 Å². The van der Waals surface area contributed by atoms with Crippen LogP contribution in [0, 0.1) is 18.3 Å². The number of hydrogen-bond acceptors (Lipinski definition) is 8. The van der Waals surface area contributed by atoms with Crippen LogP contribution in [0.2, 0.25) is 0 Å². The molecule has 9 heteroatoms. The van der Waals surface area contributed by atoms with E-state index >= 15 is 0 Å². The van der Waals surface area contributed by atoms with E-state index in [-0.39, 0.29) is 19.3 Å². The average molecular weight is 407 g/mol. The maximum Gasteiger partial charge on any atom is 0.168 e. The topological polar surface area (TPSA) is 118 Å². The Morgan fingerprint density at radius 2 is 2.20 bits per heavy atom. The van der Waals surface area contributed by atoms with Gasteiger partial charge in [-0.1, -0.05) is 0 Å². The number of pyridine rings is 2. The van der Waals surface area contributed by atoms with Crippen LogP contribution in [-0.4, -0.2) is 57.1 Å². The summed E-state index contributed by atoms with van der Waals surface area (Å²) in [5.74, 6) is 1.19. The predicted molar refractivity (Wildman–Crippen MR) is 110 cm³/mol. The third kappa shape index (κ3) is 4.26. The third-order valence-corrected chi connectivity index (χ3v) is 5.02. The van der Waals surface area contributed by atoms with Crippen LogP contribution in [0.15, 0.2) is 30.7 Å². The number of nitriles is 1. The number of aliphatic hydroxyl groups excluding tert-OH is 1. The fourth-order valence-electron chi connectivity index (χ4n) is 3.41. The maximum absolute atomic E-state index is 10.7. The summed E-state index contributed by atoms with van der Waals surface area (Å²) in [6.07, 6.45) is 4.01. The van der Waals surface area contributed by atoms with Gasteiger partial charge in [0.2, 0.25) is 0 Å². The minimum atomic E-state index is -0.857. The largest absolute Gasteiger partial charge is 0.386 e. The molecule has 4 heterocycles. The van der Waals surface area contributed by atoms with Crippen molar-refractivity contribution in [2.24, 2.45) is 0 Å². The Kier molecular flexibility index (Phi) is 6.18. The van der Waals surface area contributed by atoms with Crippen molar-refractivity contribution in [3.8, 4) is 11.9 Å². The van der Waals surface area contributed by atoms with Crippen molar-refractivity contribution < 1.29 is 14.6 Å². The average Bonchev–Trinajstić information content (AvgIpc) is 3.20. The molecule has 0 spiro atoms. The number of imidazole rings is 1. The van der Waals surface area contributed by atoms with Gasteiger partial charge >= 0.3 is 0 Å². The molecule has 1 saturated heterocycles. The van der Waals surface area contributed by atoms with E-state index in [1.165, 1.54) is 6.20 Å². The van der Waals surface area contributed by atoms with Gasteiger partial charge < -0.3 is 19.9 Å². The standard InChI is InChI=1S/C21H23N6O3/c1-2-29-12-18(28)16-9-17-21(26-20(16)25-15-5-7-30-8-6-15)27(13-24-17)19-4-3-14(10-22)11-23-19/h3-4,9,11,13,15,18,28H,1-2,5-8,12H2,(H,25,26). The second kappa shape index (κ2) is 9.17. The van der Waals surface area contributed by atoms with Crippen molar-refractivity contribution in [1.82, 2.24) is 19.5 Å². The number of aliphatic hydroxyl groups is 1. The molecule has 3 aromatic rings. The van der Waals surface area contributed by atoms with E-state index in [9.17, 15) is 5.11 Å². The molecule has 0 saturated carbocycles. The van der Waals surface area contributed by atoms with Crippen LogP contribution < -0.4 is 5.32 Å². The summed E-state index contributed by atoms with van der Waals surface area (Å²) in [6, 6.07) is 7.53. The minimum Gasteiger partial charge on any atom is -0.386 e. The van der Waals surface area contributed by atoms with Gasteiger partial charge in [0.05, 0.1) is 12.2 Å². The Labute approximate surface area is 174 Å². The number of nitrogens with zero attached hydrogens (tertiary/aromatic N) is 5. The summed E-state index contributed by atoms with van der Waals surface area (Å²) < 4.78 is 12.5. The second-order valence-electron chi connectivity index (χ2n) is 7.02. The van der Waals surface area contributed by atoms with Crippen LogP contribution in [-0.2, 0) is 9.47 Å². The highest BCUT2D eigenvalue weighted by atomic mass is 16.5. The zero-order chi connectivity index (χ0) is 20.9. The molecule has 1 fully saturated rings. The number of ether oxygens (including phenoxy) is 2. The molecule has 1 aliphatic rings. The van der Waals surface area contributed by atoms with E-state index in [4.69, 9.17) is 19.7 Å². The Hall–Kier alpha value is -3.06. The van der Waals surface area contributed by atoms with Crippen molar-refractivity contribution in [2.75, 3.05) is 31.7 Å². The van der Waals surface area contributed by atoms with Crippen molar-refractivity contribution in [3.05, 3.63) is 48.8 Å². The van der Waals surface area contributed by atoms with Gasteiger partial charge in [0, 0.05) is 37.6 Å². The van der Waals surface area contributed by atoms with E-state index in [1.54, 1.807) is 23.0 Å². The Morgan fingerprint density at radius 1 is 1.37 bits per heavy atom. The number of hydrogen-bond donors (Lipinski definition) is 2. The van der Waals surface area contributed by atoms with E-state index in [2.05, 4.69) is 28.3 Å². The molecule has 1 atom stereocenters. The molecule has 155 valence electrons. The van der Waals surface area contributed by atoms with Gasteiger partial charge in [0.25, 0.3) is 0 Å². The van der Waals surface area contributed by atoms with Gasteiger partial charge in [-0.2, -0.15) is 5.26 Å². The molecule has 30 heavy (non-hydrogen) atoms. The van der Waals surface area contributed by atoms with Gasteiger partial charge in [-0.25, -0.2) is 15.0 Å². The zero-order valence-electron chi connectivity index (χ0n) is 16.5. The summed E-state index contributed by atoms with van der Waals surface area (Å²) >= 11 is 0. The summed E-state index contributed by atoms with van der Waals surface area (Å²) in [5.41, 5.74) is 2.34. The molecule has 3 aromatic heterocycles. The molecule has 0 aromatic carbocycles. The summed E-state index contributed by atoms with van der Waals surface area (Å²) in [5, 5.41) is 23.1. The lowest BCUT2D eigenvalue weighted by Gasteiger charge is -2.25. The lowest BCUT2D eigenvalue weighted by Crippen LogP contribution is -2.29. The zero-order valence-corrected chi connectivity index (χ0v) is 16.5. The van der Waals surface area contributed by atoms with Gasteiger partial charge in [-0.05, 0) is 38.0 Å². The first kappa shape index (κ1) is 20.2. The first-order valence-electron chi connectivity index (χ1n) is 9.83. The molecule has 0 aliphatic carbocycles. The molecule has 2 N–H and O–H groups in total. The van der Waals surface area contributed by atoms with Gasteiger partial charge in [0.1, 0.15) is 35.7 Å². The number of anilines is 1. The molecule has 1 aliphatic heterocycles. The van der Waals surface area contributed by atoms with E-state index in [1.807, 2.05) is 6.07 Å². The summed E-state index contributed by atoms with van der Waals surface area (Å²) in [6.45, 7) is 5.42. The Bertz CT molecular complexity index is 1040. The maximum atomic E-state index is 10.7. The monoisotopic (exact) mass is 407 g/mol. The number of aromatic nitrogens is 4. The molecule has 9 nitrogen and oxygen atoms in total. The lowest BCUT2D eigenvalue weighted by molar-refractivity contribution is 0.0482. The van der Waals surface area contributed by atoms with Crippen LogP contribution in [0.25, 0.3) is 17.0 Å². The SMILES string of the molecule is [CH2]COCC(O)c1cc2ncn(-c3ccc(C#N)cn3)c2nc1NC1CCOCC1. The fourth-order valence-corrected chi connectivity index (χ4v) is 3.41. The molecular formula is C21H23N6O3. The van der Waals surface area contributed by atoms with E-state index in [0.29, 0.717) is 47.1 Å². The Morgan fingerprint density at radius 3 is 2.90 bits per heavy atom. The predicted octanol–water partition coefficient (Wildman–Crippen LogP) is 2.16. The van der Waals surface area contributed by atoms with Gasteiger partial charge in [-0.3, -0.25) is 4.57 Å². The highest BCUT2D eigenvalue weighted by molar-refractivity contribution is 5.77. The number of nitrogens with one attached hydrogen (secondary N) is 1. The smallest absolute Gasteiger partial charge is 0.168 e. The minimum absolute atomic E-state index is 0.122. The molecule has 1 radical (unpaired) electrons. The first-order valence-corrected chi connectivity index (χ1v) is 9.83. The van der Waals surface area contributed by atoms with Crippen molar-refractivity contribution >= 4 is 17.0 Å². The molecule has 0 bridgehead atoms. The summed E-state index contributed by atoms with van der Waals surface area (Å²) in [7, 11) is 0. The fraction of sp³-hybridized carbons (Fsp3) is 0.381. The lowest BCUT2D eigenvalue weighted by atomic mass is 10.1. The second-order valence-corrected chi connectivity index (χ2v) is 7.02. The van der Waals surface area contributed by atoms with Crippen LogP contribution in [0.4, 0.5) is 5.82 Å². The molecule has 0 amide bonds. The Balaban J connectivity index is 1.74. The third-order valence-electron chi connectivity index (χ3n) is 5.02.